The van der Waals surface area contributed by atoms with Crippen molar-refractivity contribution < 1.29 is 9.59 Å². The molecule has 0 amide bonds. The molecule has 0 radical (unpaired) electrons. The first-order chi connectivity index (χ1) is 7.24. The highest BCUT2D eigenvalue weighted by Gasteiger charge is 1.99. The Bertz CT molecular complexity index is 366. The van der Waals surface area contributed by atoms with Crippen LogP contribution < -0.4 is 0 Å². The van der Waals surface area contributed by atoms with Crippen LogP contribution in [0.1, 0.15) is 23.2 Å². The van der Waals surface area contributed by atoms with Gasteiger partial charge in [0.25, 0.3) is 0 Å². The molecule has 0 aliphatic carbocycles. The van der Waals surface area contributed by atoms with Crippen LogP contribution in [0, 0.1) is 0 Å². The molecule has 78 valence electrons. The van der Waals surface area contributed by atoms with Crippen molar-refractivity contribution in [3.63, 3.8) is 0 Å². The SMILES string of the molecule is O=CCC/C=C\C(=O)c1ccc(Cl)cc1. The number of aldehydes is 1. The molecule has 0 fully saturated rings. The highest BCUT2D eigenvalue weighted by atomic mass is 35.5. The first-order valence-electron chi connectivity index (χ1n) is 4.64. The van der Waals surface area contributed by atoms with Gasteiger partial charge in [0.15, 0.2) is 5.78 Å². The van der Waals surface area contributed by atoms with Gasteiger partial charge in [0.2, 0.25) is 0 Å². The minimum atomic E-state index is -0.0717. The summed E-state index contributed by atoms with van der Waals surface area (Å²) in [4.78, 5) is 21.5. The first-order valence-corrected chi connectivity index (χ1v) is 5.02. The molecule has 1 aromatic carbocycles. The summed E-state index contributed by atoms with van der Waals surface area (Å²) in [5.74, 6) is -0.0717. The zero-order chi connectivity index (χ0) is 11.1. The molecule has 0 bridgehead atoms. The zero-order valence-corrected chi connectivity index (χ0v) is 8.91. The van der Waals surface area contributed by atoms with Crippen LogP contribution in [0.15, 0.2) is 36.4 Å². The molecule has 2 nitrogen and oxygen atoms in total. The monoisotopic (exact) mass is 222 g/mol. The topological polar surface area (TPSA) is 34.1 Å². The Labute approximate surface area is 93.6 Å². The molecule has 0 saturated carbocycles. The van der Waals surface area contributed by atoms with Gasteiger partial charge in [-0.15, -0.1) is 0 Å². The Morgan fingerprint density at radius 3 is 2.47 bits per heavy atom. The van der Waals surface area contributed by atoms with E-state index in [0.717, 1.165) is 6.29 Å². The molecule has 1 rings (SSSR count). The van der Waals surface area contributed by atoms with Gasteiger partial charge in [-0.1, -0.05) is 17.7 Å². The number of allylic oxidation sites excluding steroid dienone is 2. The minimum absolute atomic E-state index is 0.0717. The second-order valence-electron chi connectivity index (χ2n) is 3.02. The molecule has 0 aromatic heterocycles. The molecule has 0 aliphatic heterocycles. The Morgan fingerprint density at radius 1 is 1.20 bits per heavy atom. The lowest BCUT2D eigenvalue weighted by Gasteiger charge is -1.95. The van der Waals surface area contributed by atoms with Crippen LogP contribution in [0.5, 0.6) is 0 Å². The van der Waals surface area contributed by atoms with E-state index < -0.39 is 0 Å². The van der Waals surface area contributed by atoms with Gasteiger partial charge >= 0.3 is 0 Å². The molecular weight excluding hydrogens is 212 g/mol. The quantitative estimate of drug-likeness (QED) is 0.332. The number of unbranched alkanes of at least 4 members (excludes halogenated alkanes) is 1. The number of halogens is 1. The van der Waals surface area contributed by atoms with Gasteiger partial charge in [-0.3, -0.25) is 4.79 Å². The number of carbonyl (C=O) groups is 2. The van der Waals surface area contributed by atoms with E-state index in [9.17, 15) is 9.59 Å². The summed E-state index contributed by atoms with van der Waals surface area (Å²) < 4.78 is 0. The number of benzene rings is 1. The maximum absolute atomic E-state index is 11.5. The lowest BCUT2D eigenvalue weighted by Crippen LogP contribution is -1.93. The van der Waals surface area contributed by atoms with Crippen molar-refractivity contribution in [1.82, 2.24) is 0 Å². The highest BCUT2D eigenvalue weighted by Crippen LogP contribution is 2.10. The fraction of sp³-hybridized carbons (Fsp3) is 0.167. The smallest absolute Gasteiger partial charge is 0.185 e. The van der Waals surface area contributed by atoms with E-state index in [2.05, 4.69) is 0 Å². The van der Waals surface area contributed by atoms with Crippen LogP contribution in [0.3, 0.4) is 0 Å². The first kappa shape index (κ1) is 11.7. The van der Waals surface area contributed by atoms with Crippen molar-refractivity contribution >= 4 is 23.7 Å². The normalized spacial score (nSPS) is 10.5. The Hall–Kier alpha value is -1.41. The third-order valence-electron chi connectivity index (χ3n) is 1.85. The van der Waals surface area contributed by atoms with Crippen molar-refractivity contribution in [3.05, 3.63) is 47.0 Å². The predicted molar refractivity (Wildman–Crippen MR) is 60.2 cm³/mol. The fourth-order valence-corrected chi connectivity index (χ4v) is 1.19. The summed E-state index contributed by atoms with van der Waals surface area (Å²) in [6.07, 6.45) is 5.06. The molecule has 0 spiro atoms. The van der Waals surface area contributed by atoms with Crippen LogP contribution in [-0.4, -0.2) is 12.1 Å². The van der Waals surface area contributed by atoms with Gasteiger partial charge < -0.3 is 4.79 Å². The third-order valence-corrected chi connectivity index (χ3v) is 2.10. The van der Waals surface area contributed by atoms with E-state index in [-0.39, 0.29) is 5.78 Å². The number of hydrogen-bond donors (Lipinski definition) is 0. The van der Waals surface area contributed by atoms with Crippen LogP contribution >= 0.6 is 11.6 Å². The molecule has 0 saturated heterocycles. The zero-order valence-electron chi connectivity index (χ0n) is 8.15. The Kier molecular flexibility index (Phi) is 4.78. The fourth-order valence-electron chi connectivity index (χ4n) is 1.07. The summed E-state index contributed by atoms with van der Waals surface area (Å²) in [6, 6.07) is 6.70. The Morgan fingerprint density at radius 2 is 1.87 bits per heavy atom. The average molecular weight is 223 g/mol. The third kappa shape index (κ3) is 4.09. The van der Waals surface area contributed by atoms with Gasteiger partial charge in [0, 0.05) is 17.0 Å². The molecule has 0 heterocycles. The number of ketones is 1. The summed E-state index contributed by atoms with van der Waals surface area (Å²) in [5.41, 5.74) is 0.599. The van der Waals surface area contributed by atoms with E-state index in [1.165, 1.54) is 6.08 Å². The number of rotatable bonds is 5. The molecular formula is C12H11ClO2. The van der Waals surface area contributed by atoms with Crippen LogP contribution in [-0.2, 0) is 4.79 Å². The second-order valence-corrected chi connectivity index (χ2v) is 3.45. The molecule has 15 heavy (non-hydrogen) atoms. The standard InChI is InChI=1S/C12H11ClO2/c13-11-7-5-10(6-8-11)12(15)4-2-1-3-9-14/h2,4-9H,1,3H2/b4-2-. The van der Waals surface area contributed by atoms with Gasteiger partial charge in [0.05, 0.1) is 0 Å². The summed E-state index contributed by atoms with van der Waals surface area (Å²) >= 11 is 5.69. The van der Waals surface area contributed by atoms with Gasteiger partial charge in [-0.2, -0.15) is 0 Å². The van der Waals surface area contributed by atoms with Crippen molar-refractivity contribution in [2.24, 2.45) is 0 Å². The van der Waals surface area contributed by atoms with Crippen LogP contribution in [0.25, 0.3) is 0 Å². The van der Waals surface area contributed by atoms with E-state index in [1.54, 1.807) is 30.3 Å². The average Bonchev–Trinajstić information content (AvgIpc) is 2.25. The lowest BCUT2D eigenvalue weighted by molar-refractivity contribution is -0.107. The summed E-state index contributed by atoms with van der Waals surface area (Å²) in [6.45, 7) is 0. The molecule has 0 unspecified atom stereocenters. The molecule has 3 heteroatoms. The summed E-state index contributed by atoms with van der Waals surface area (Å²) in [7, 11) is 0. The number of hydrogen-bond acceptors (Lipinski definition) is 2. The van der Waals surface area contributed by atoms with E-state index in [0.29, 0.717) is 23.4 Å². The maximum Gasteiger partial charge on any atom is 0.185 e. The minimum Gasteiger partial charge on any atom is -0.303 e. The van der Waals surface area contributed by atoms with Crippen molar-refractivity contribution in [2.75, 3.05) is 0 Å². The molecule has 0 aliphatic rings. The maximum atomic E-state index is 11.5. The van der Waals surface area contributed by atoms with E-state index >= 15 is 0 Å². The number of carbonyl (C=O) groups excluding carboxylic acids is 2. The van der Waals surface area contributed by atoms with Crippen molar-refractivity contribution in [1.29, 1.82) is 0 Å². The van der Waals surface area contributed by atoms with Crippen molar-refractivity contribution in [2.45, 2.75) is 12.8 Å². The van der Waals surface area contributed by atoms with E-state index in [1.807, 2.05) is 0 Å². The van der Waals surface area contributed by atoms with Crippen LogP contribution in [0.4, 0.5) is 0 Å². The largest absolute Gasteiger partial charge is 0.303 e. The Balaban J connectivity index is 2.57. The van der Waals surface area contributed by atoms with Crippen molar-refractivity contribution in [3.8, 4) is 0 Å². The predicted octanol–water partition coefficient (Wildman–Crippen LogP) is 3.06. The van der Waals surface area contributed by atoms with E-state index in [4.69, 9.17) is 11.6 Å². The summed E-state index contributed by atoms with van der Waals surface area (Å²) in [5, 5.41) is 0.608. The van der Waals surface area contributed by atoms with Crippen LogP contribution in [0.2, 0.25) is 5.02 Å². The molecule has 0 N–H and O–H groups in total. The second kappa shape index (κ2) is 6.14. The lowest BCUT2D eigenvalue weighted by atomic mass is 10.1. The van der Waals surface area contributed by atoms with Gasteiger partial charge in [-0.25, -0.2) is 0 Å². The molecule has 1 aromatic rings. The highest BCUT2D eigenvalue weighted by molar-refractivity contribution is 6.30. The van der Waals surface area contributed by atoms with Gasteiger partial charge in [0.1, 0.15) is 6.29 Å². The molecule has 0 atom stereocenters. The van der Waals surface area contributed by atoms with Gasteiger partial charge in [-0.05, 0) is 36.8 Å².